The molecule has 0 N–H and O–H groups in total. The fourth-order valence-corrected chi connectivity index (χ4v) is 2.69. The van der Waals surface area contributed by atoms with Gasteiger partial charge >= 0.3 is 5.97 Å². The van der Waals surface area contributed by atoms with E-state index in [0.717, 1.165) is 0 Å². The van der Waals surface area contributed by atoms with E-state index in [4.69, 9.17) is 9.47 Å². The van der Waals surface area contributed by atoms with Crippen LogP contribution in [0.25, 0.3) is 0 Å². The van der Waals surface area contributed by atoms with E-state index in [9.17, 15) is 15.3 Å². The summed E-state index contributed by atoms with van der Waals surface area (Å²) in [6, 6.07) is 13.2. The van der Waals surface area contributed by atoms with Crippen molar-refractivity contribution >= 4 is 5.97 Å². The number of methoxy groups -OCH3 is 1. The van der Waals surface area contributed by atoms with Crippen LogP contribution in [0.4, 0.5) is 0 Å². The lowest BCUT2D eigenvalue weighted by molar-refractivity contribution is -0.154. The van der Waals surface area contributed by atoms with E-state index in [1.807, 2.05) is 12.1 Å². The molecule has 0 aromatic heterocycles. The summed E-state index contributed by atoms with van der Waals surface area (Å²) in [5, 5.41) is 19.9. The molecule has 0 spiro atoms. The van der Waals surface area contributed by atoms with Gasteiger partial charge in [-0.2, -0.15) is 10.5 Å². The number of carbonyl (C=O) groups excluding carboxylic acids is 1. The van der Waals surface area contributed by atoms with E-state index in [1.54, 1.807) is 51.3 Å². The van der Waals surface area contributed by atoms with Gasteiger partial charge in [0.15, 0.2) is 5.41 Å². The van der Waals surface area contributed by atoms with E-state index in [2.05, 4.69) is 12.1 Å². The Hall–Kier alpha value is -2.63. The number of allylic oxidation sites excluding steroid dienone is 1. The lowest BCUT2D eigenvalue weighted by Crippen LogP contribution is -2.48. The average Bonchev–Trinajstić information content (AvgIpc) is 2.65. The molecule has 132 valence electrons. The van der Waals surface area contributed by atoms with Gasteiger partial charge in [0.1, 0.15) is 5.41 Å². The standard InChI is InChI=1S/C20H24N2O3/c1-4-25-18(23)20(16-22,13-9-6-10-14-24-3)19(2,15-21)17-11-7-5-8-12-17/h5-9,11-12H,4,10,13-14H2,1-3H3/b9-6+. The Balaban J connectivity index is 3.38. The number of hydrogen-bond donors (Lipinski definition) is 0. The highest BCUT2D eigenvalue weighted by atomic mass is 16.5. The summed E-state index contributed by atoms with van der Waals surface area (Å²) < 4.78 is 10.2. The molecule has 2 unspecified atom stereocenters. The molecule has 25 heavy (non-hydrogen) atoms. The van der Waals surface area contributed by atoms with Gasteiger partial charge in [-0.1, -0.05) is 42.5 Å². The van der Waals surface area contributed by atoms with Gasteiger partial charge in [-0.25, -0.2) is 0 Å². The van der Waals surface area contributed by atoms with E-state index in [0.29, 0.717) is 18.6 Å². The molecule has 1 aromatic carbocycles. The van der Waals surface area contributed by atoms with Crippen molar-refractivity contribution in [2.75, 3.05) is 20.3 Å². The molecule has 1 aromatic rings. The number of nitrogens with zero attached hydrogens (tertiary/aromatic N) is 2. The first-order chi connectivity index (χ1) is 12.0. The summed E-state index contributed by atoms with van der Waals surface area (Å²) in [6.07, 6.45) is 4.34. The molecule has 0 radical (unpaired) electrons. The molecule has 1 rings (SSSR count). The van der Waals surface area contributed by atoms with Crippen LogP contribution in [-0.2, 0) is 19.7 Å². The third-order valence-electron chi connectivity index (χ3n) is 4.32. The van der Waals surface area contributed by atoms with Crippen LogP contribution in [-0.4, -0.2) is 26.3 Å². The Morgan fingerprint density at radius 3 is 2.40 bits per heavy atom. The largest absolute Gasteiger partial charge is 0.465 e. The van der Waals surface area contributed by atoms with Crippen LogP contribution in [0.15, 0.2) is 42.5 Å². The highest BCUT2D eigenvalue weighted by molar-refractivity contribution is 5.84. The predicted octanol–water partition coefficient (Wildman–Crippen LogP) is 3.52. The van der Waals surface area contributed by atoms with Crippen molar-refractivity contribution in [2.45, 2.75) is 32.1 Å². The quantitative estimate of drug-likeness (QED) is 0.390. The van der Waals surface area contributed by atoms with Crippen molar-refractivity contribution in [1.29, 1.82) is 10.5 Å². The minimum absolute atomic E-state index is 0.0883. The van der Waals surface area contributed by atoms with E-state index < -0.39 is 16.8 Å². The molecule has 0 aliphatic rings. The van der Waals surface area contributed by atoms with Crippen molar-refractivity contribution in [1.82, 2.24) is 0 Å². The fourth-order valence-electron chi connectivity index (χ4n) is 2.69. The van der Waals surface area contributed by atoms with Crippen LogP contribution < -0.4 is 0 Å². The number of carbonyl (C=O) groups is 1. The Kier molecular flexibility index (Phi) is 7.85. The van der Waals surface area contributed by atoms with Crippen LogP contribution in [0, 0.1) is 28.1 Å². The molecule has 2 atom stereocenters. The summed E-state index contributed by atoms with van der Waals surface area (Å²) in [5.74, 6) is -0.679. The Bertz CT molecular complexity index is 672. The Labute approximate surface area is 149 Å². The Morgan fingerprint density at radius 1 is 1.20 bits per heavy atom. The van der Waals surface area contributed by atoms with Gasteiger partial charge < -0.3 is 9.47 Å². The summed E-state index contributed by atoms with van der Waals surface area (Å²) in [4.78, 5) is 12.7. The second-order valence-electron chi connectivity index (χ2n) is 5.80. The maximum atomic E-state index is 12.7. The van der Waals surface area contributed by atoms with Gasteiger partial charge in [0, 0.05) is 13.7 Å². The molecule has 0 bridgehead atoms. The molecule has 5 heteroatoms. The first-order valence-corrected chi connectivity index (χ1v) is 8.21. The third-order valence-corrected chi connectivity index (χ3v) is 4.32. The normalized spacial score (nSPS) is 15.6. The number of rotatable bonds is 9. The first kappa shape index (κ1) is 20.4. The lowest BCUT2D eigenvalue weighted by Gasteiger charge is -2.36. The minimum atomic E-state index is -1.64. The van der Waals surface area contributed by atoms with Crippen molar-refractivity contribution in [3.8, 4) is 12.1 Å². The summed E-state index contributed by atoms with van der Waals surface area (Å²) in [6.45, 7) is 3.99. The molecule has 5 nitrogen and oxygen atoms in total. The van der Waals surface area contributed by atoms with Crippen LogP contribution in [0.5, 0.6) is 0 Å². The molecule has 0 saturated heterocycles. The highest BCUT2D eigenvalue weighted by Gasteiger charge is 2.56. The number of ether oxygens (including phenoxy) is 2. The zero-order valence-corrected chi connectivity index (χ0v) is 15.0. The summed E-state index contributed by atoms with van der Waals surface area (Å²) >= 11 is 0. The van der Waals surface area contributed by atoms with Gasteiger partial charge in [0.05, 0.1) is 18.7 Å². The Morgan fingerprint density at radius 2 is 1.88 bits per heavy atom. The molecule has 0 aliphatic heterocycles. The second-order valence-corrected chi connectivity index (χ2v) is 5.80. The van der Waals surface area contributed by atoms with Crippen LogP contribution in [0.2, 0.25) is 0 Å². The van der Waals surface area contributed by atoms with E-state index in [1.165, 1.54) is 0 Å². The van der Waals surface area contributed by atoms with Crippen molar-refractivity contribution in [3.63, 3.8) is 0 Å². The number of nitriles is 2. The zero-order chi connectivity index (χ0) is 18.8. The van der Waals surface area contributed by atoms with Crippen LogP contribution >= 0.6 is 0 Å². The highest BCUT2D eigenvalue weighted by Crippen LogP contribution is 2.45. The SMILES string of the molecule is CCOC(=O)C(C#N)(C/C=C/CCOC)C(C)(C#N)c1ccccc1. The smallest absolute Gasteiger partial charge is 0.328 e. The van der Waals surface area contributed by atoms with Gasteiger partial charge in [-0.3, -0.25) is 4.79 Å². The van der Waals surface area contributed by atoms with Crippen LogP contribution in [0.3, 0.4) is 0 Å². The zero-order valence-electron chi connectivity index (χ0n) is 15.0. The maximum Gasteiger partial charge on any atom is 0.328 e. The van der Waals surface area contributed by atoms with Crippen molar-refractivity contribution in [2.24, 2.45) is 5.41 Å². The number of hydrogen-bond acceptors (Lipinski definition) is 5. The van der Waals surface area contributed by atoms with E-state index in [-0.39, 0.29) is 13.0 Å². The fraction of sp³-hybridized carbons (Fsp3) is 0.450. The molecule has 0 heterocycles. The molecular formula is C20H24N2O3. The summed E-state index contributed by atoms with van der Waals surface area (Å²) in [7, 11) is 1.61. The predicted molar refractivity (Wildman–Crippen MR) is 94.3 cm³/mol. The molecule has 0 aliphatic carbocycles. The first-order valence-electron chi connectivity index (χ1n) is 8.21. The molecule has 0 fully saturated rings. The average molecular weight is 340 g/mol. The van der Waals surface area contributed by atoms with Gasteiger partial charge in [0.25, 0.3) is 0 Å². The third kappa shape index (κ3) is 4.26. The summed E-state index contributed by atoms with van der Waals surface area (Å²) in [5.41, 5.74) is -2.37. The van der Waals surface area contributed by atoms with Crippen molar-refractivity contribution in [3.05, 3.63) is 48.0 Å². The number of esters is 1. The minimum Gasteiger partial charge on any atom is -0.465 e. The van der Waals surface area contributed by atoms with Gasteiger partial charge in [-0.15, -0.1) is 0 Å². The lowest BCUT2D eigenvalue weighted by atomic mass is 9.60. The molecular weight excluding hydrogens is 316 g/mol. The topological polar surface area (TPSA) is 83.1 Å². The monoisotopic (exact) mass is 340 g/mol. The number of benzene rings is 1. The van der Waals surface area contributed by atoms with E-state index >= 15 is 0 Å². The molecule has 0 saturated carbocycles. The molecule has 0 amide bonds. The van der Waals surface area contributed by atoms with Crippen LogP contribution in [0.1, 0.15) is 32.3 Å². The van der Waals surface area contributed by atoms with Gasteiger partial charge in [-0.05, 0) is 32.3 Å². The second kappa shape index (κ2) is 9.61. The maximum absolute atomic E-state index is 12.7. The van der Waals surface area contributed by atoms with Crippen molar-refractivity contribution < 1.29 is 14.3 Å². The van der Waals surface area contributed by atoms with Gasteiger partial charge in [0.2, 0.25) is 0 Å².